The molecule has 0 atom stereocenters. The predicted molar refractivity (Wildman–Crippen MR) is 120 cm³/mol. The molecule has 3 nitrogen and oxygen atoms in total. The molecule has 3 aliphatic rings. The minimum atomic E-state index is -0.653. The van der Waals surface area contributed by atoms with Crippen molar-refractivity contribution in [2.75, 3.05) is 18.0 Å². The largest absolute Gasteiger partial charge is 0.481 e. The van der Waals surface area contributed by atoms with Gasteiger partial charge in [-0.25, -0.2) is 0 Å². The fraction of sp³-hybridized carbons (Fsp3) is 0.720. The Morgan fingerprint density at radius 2 is 1.79 bits per heavy atom. The molecule has 1 aliphatic heterocycles. The van der Waals surface area contributed by atoms with E-state index in [1.807, 2.05) is 0 Å². The summed E-state index contributed by atoms with van der Waals surface area (Å²) < 4.78 is 0. The smallest absolute Gasteiger partial charge is 0.303 e. The van der Waals surface area contributed by atoms with Crippen molar-refractivity contribution in [1.82, 2.24) is 0 Å². The van der Waals surface area contributed by atoms with Gasteiger partial charge in [0.25, 0.3) is 0 Å². The molecule has 29 heavy (non-hydrogen) atoms. The van der Waals surface area contributed by atoms with E-state index in [2.05, 4.69) is 23.1 Å². The first kappa shape index (κ1) is 21.0. The van der Waals surface area contributed by atoms with Crippen molar-refractivity contribution in [3.05, 3.63) is 28.8 Å². The molecule has 3 fully saturated rings. The molecular formula is C25H36ClNO2. The summed E-state index contributed by atoms with van der Waals surface area (Å²) in [6, 6.07) is 6.69. The molecule has 1 aromatic carbocycles. The lowest BCUT2D eigenvalue weighted by atomic mass is 9.65. The number of halogens is 1. The maximum atomic E-state index is 10.7. The van der Waals surface area contributed by atoms with Crippen LogP contribution in [0.15, 0.2) is 18.2 Å². The van der Waals surface area contributed by atoms with Crippen molar-refractivity contribution in [3.63, 3.8) is 0 Å². The third-order valence-corrected chi connectivity index (χ3v) is 8.41. The van der Waals surface area contributed by atoms with Gasteiger partial charge < -0.3 is 10.0 Å². The lowest BCUT2D eigenvalue weighted by Crippen LogP contribution is -2.42. The number of piperidine rings is 1. The first-order valence-electron chi connectivity index (χ1n) is 11.8. The van der Waals surface area contributed by atoms with Gasteiger partial charge in [-0.05, 0) is 92.7 Å². The summed E-state index contributed by atoms with van der Waals surface area (Å²) >= 11 is 6.60. The van der Waals surface area contributed by atoms with Crippen LogP contribution in [0.3, 0.4) is 0 Å². The van der Waals surface area contributed by atoms with Crippen molar-refractivity contribution < 1.29 is 9.90 Å². The van der Waals surface area contributed by atoms with Gasteiger partial charge in [-0.3, -0.25) is 4.79 Å². The summed E-state index contributed by atoms with van der Waals surface area (Å²) in [7, 11) is 0. The molecule has 1 saturated heterocycles. The van der Waals surface area contributed by atoms with Crippen LogP contribution in [0.2, 0.25) is 5.02 Å². The second-order valence-corrected chi connectivity index (χ2v) is 10.4. The highest BCUT2D eigenvalue weighted by atomic mass is 35.5. The third-order valence-electron chi connectivity index (χ3n) is 8.09. The van der Waals surface area contributed by atoms with Crippen molar-refractivity contribution in [1.29, 1.82) is 0 Å². The minimum Gasteiger partial charge on any atom is -0.481 e. The van der Waals surface area contributed by atoms with Gasteiger partial charge in [0, 0.05) is 19.5 Å². The molecule has 4 rings (SSSR count). The number of carboxylic acid groups (broad SMARTS) is 1. The van der Waals surface area contributed by atoms with Crippen LogP contribution in [0.25, 0.3) is 0 Å². The van der Waals surface area contributed by atoms with E-state index >= 15 is 0 Å². The Kier molecular flexibility index (Phi) is 6.73. The number of carbonyl (C=O) groups is 1. The normalized spacial score (nSPS) is 22.6. The SMILES string of the molecule is O=C(O)CCCC1CCC2(CC1)CCN(c1cc(CC3CCC3)ccc1Cl)CC2. The molecule has 1 spiro atoms. The van der Waals surface area contributed by atoms with E-state index in [0.717, 1.165) is 42.8 Å². The van der Waals surface area contributed by atoms with E-state index in [-0.39, 0.29) is 0 Å². The first-order chi connectivity index (χ1) is 14.0. The number of hydrogen-bond acceptors (Lipinski definition) is 2. The summed E-state index contributed by atoms with van der Waals surface area (Å²) in [4.78, 5) is 13.3. The zero-order valence-corrected chi connectivity index (χ0v) is 18.4. The monoisotopic (exact) mass is 417 g/mol. The van der Waals surface area contributed by atoms with E-state index in [4.69, 9.17) is 16.7 Å². The van der Waals surface area contributed by atoms with E-state index in [0.29, 0.717) is 11.8 Å². The van der Waals surface area contributed by atoms with Crippen molar-refractivity contribution >= 4 is 23.3 Å². The summed E-state index contributed by atoms with van der Waals surface area (Å²) in [6.07, 6.45) is 15.5. The van der Waals surface area contributed by atoms with Gasteiger partial charge >= 0.3 is 5.97 Å². The molecule has 1 aromatic rings. The average molecular weight is 418 g/mol. The van der Waals surface area contributed by atoms with E-state index in [1.165, 1.54) is 75.5 Å². The van der Waals surface area contributed by atoms with Crippen molar-refractivity contribution in [2.45, 2.75) is 83.5 Å². The van der Waals surface area contributed by atoms with Crippen LogP contribution >= 0.6 is 11.6 Å². The van der Waals surface area contributed by atoms with E-state index in [9.17, 15) is 4.79 Å². The Balaban J connectivity index is 1.28. The zero-order chi connectivity index (χ0) is 20.3. The molecule has 160 valence electrons. The van der Waals surface area contributed by atoms with Crippen LogP contribution < -0.4 is 4.90 Å². The molecule has 0 unspecified atom stereocenters. The average Bonchev–Trinajstić information content (AvgIpc) is 2.68. The number of hydrogen-bond donors (Lipinski definition) is 1. The second-order valence-electron chi connectivity index (χ2n) is 10.0. The molecular weight excluding hydrogens is 382 g/mol. The number of rotatable bonds is 7. The Bertz CT molecular complexity index is 697. The first-order valence-corrected chi connectivity index (χ1v) is 12.2. The van der Waals surface area contributed by atoms with Gasteiger partial charge in [-0.1, -0.05) is 36.9 Å². The fourth-order valence-corrected chi connectivity index (χ4v) is 6.04. The predicted octanol–water partition coefficient (Wildman–Crippen LogP) is 6.71. The Morgan fingerprint density at radius 1 is 1.07 bits per heavy atom. The van der Waals surface area contributed by atoms with Crippen LogP contribution in [0, 0.1) is 17.3 Å². The molecule has 0 bridgehead atoms. The lowest BCUT2D eigenvalue weighted by Gasteiger charge is -2.47. The van der Waals surface area contributed by atoms with Gasteiger partial charge in [0.2, 0.25) is 0 Å². The van der Waals surface area contributed by atoms with Crippen LogP contribution in [-0.4, -0.2) is 24.2 Å². The fourth-order valence-electron chi connectivity index (χ4n) is 5.80. The topological polar surface area (TPSA) is 40.5 Å². The van der Waals surface area contributed by atoms with E-state index < -0.39 is 5.97 Å². The molecule has 2 saturated carbocycles. The van der Waals surface area contributed by atoms with Gasteiger partial charge in [0.1, 0.15) is 0 Å². The molecule has 0 radical (unpaired) electrons. The van der Waals surface area contributed by atoms with Gasteiger partial charge in [0.05, 0.1) is 10.7 Å². The number of nitrogens with zero attached hydrogens (tertiary/aromatic N) is 1. The van der Waals surface area contributed by atoms with Crippen LogP contribution in [0.5, 0.6) is 0 Å². The van der Waals surface area contributed by atoms with Gasteiger partial charge in [-0.15, -0.1) is 0 Å². The molecule has 1 heterocycles. The maximum absolute atomic E-state index is 10.7. The molecule has 1 N–H and O–H groups in total. The van der Waals surface area contributed by atoms with Crippen LogP contribution in [0.4, 0.5) is 5.69 Å². The standard InChI is InChI=1S/C25H36ClNO2/c26-22-8-7-21(17-20-4-1-5-20)18-23(22)27-15-13-25(14-16-27)11-9-19(10-12-25)3-2-6-24(28)29/h7-8,18-20H,1-6,9-17H2,(H,28,29). The second kappa shape index (κ2) is 9.29. The summed E-state index contributed by atoms with van der Waals surface area (Å²) in [5.41, 5.74) is 3.23. The zero-order valence-electron chi connectivity index (χ0n) is 17.7. The highest BCUT2D eigenvalue weighted by Crippen LogP contribution is 2.48. The molecule has 4 heteroatoms. The highest BCUT2D eigenvalue weighted by molar-refractivity contribution is 6.33. The lowest BCUT2D eigenvalue weighted by molar-refractivity contribution is -0.137. The van der Waals surface area contributed by atoms with Crippen LogP contribution in [0.1, 0.15) is 82.6 Å². The molecule has 0 amide bonds. The molecule has 0 aromatic heterocycles. The minimum absolute atomic E-state index is 0.331. The Morgan fingerprint density at radius 3 is 2.41 bits per heavy atom. The number of aliphatic carboxylic acids is 1. The third kappa shape index (κ3) is 5.29. The summed E-state index contributed by atoms with van der Waals surface area (Å²) in [5, 5.41) is 9.74. The van der Waals surface area contributed by atoms with Gasteiger partial charge in [-0.2, -0.15) is 0 Å². The number of anilines is 1. The van der Waals surface area contributed by atoms with E-state index in [1.54, 1.807) is 0 Å². The van der Waals surface area contributed by atoms with Gasteiger partial charge in [0.15, 0.2) is 0 Å². The molecule has 2 aliphatic carbocycles. The highest BCUT2D eigenvalue weighted by Gasteiger charge is 2.38. The quantitative estimate of drug-likeness (QED) is 0.535. The Labute approximate surface area is 180 Å². The summed E-state index contributed by atoms with van der Waals surface area (Å²) in [6.45, 7) is 2.24. The maximum Gasteiger partial charge on any atom is 0.303 e. The van der Waals surface area contributed by atoms with Crippen molar-refractivity contribution in [2.24, 2.45) is 17.3 Å². The summed E-state index contributed by atoms with van der Waals surface area (Å²) in [5.74, 6) is 0.982. The van der Waals surface area contributed by atoms with Crippen LogP contribution in [-0.2, 0) is 11.2 Å². The number of benzene rings is 1. The van der Waals surface area contributed by atoms with Crippen molar-refractivity contribution in [3.8, 4) is 0 Å². The Hall–Kier alpha value is -1.22. The number of carboxylic acids is 1.